The number of nitrogens with zero attached hydrogens (tertiary/aromatic N) is 4. The molecular formula is C15H24N6. The van der Waals surface area contributed by atoms with Crippen LogP contribution in [-0.2, 0) is 0 Å². The van der Waals surface area contributed by atoms with Gasteiger partial charge in [0.05, 0.1) is 0 Å². The van der Waals surface area contributed by atoms with Crippen LogP contribution >= 0.6 is 0 Å². The van der Waals surface area contributed by atoms with Crippen molar-refractivity contribution in [2.24, 2.45) is 11.8 Å². The van der Waals surface area contributed by atoms with E-state index in [1.54, 1.807) is 0 Å². The summed E-state index contributed by atoms with van der Waals surface area (Å²) < 4.78 is 0. The summed E-state index contributed by atoms with van der Waals surface area (Å²) in [5.74, 6) is 3.91. The van der Waals surface area contributed by atoms with E-state index in [-0.39, 0.29) is 0 Å². The van der Waals surface area contributed by atoms with Crippen LogP contribution in [0, 0.1) is 11.8 Å². The van der Waals surface area contributed by atoms with Crippen LogP contribution in [0.15, 0.2) is 0 Å². The summed E-state index contributed by atoms with van der Waals surface area (Å²) >= 11 is 0. The van der Waals surface area contributed by atoms with Crippen LogP contribution < -0.4 is 15.5 Å². The number of rotatable bonds is 6. The van der Waals surface area contributed by atoms with E-state index in [0.717, 1.165) is 36.8 Å². The molecule has 1 aromatic heterocycles. The molecule has 4 rings (SSSR count). The van der Waals surface area contributed by atoms with Crippen molar-refractivity contribution < 1.29 is 0 Å². The SMILES string of the molecule is CNc1nc(NC(C2CC2)C2CC2)nc(N2CCCC2)n1. The van der Waals surface area contributed by atoms with E-state index in [9.17, 15) is 0 Å². The summed E-state index contributed by atoms with van der Waals surface area (Å²) in [4.78, 5) is 16.0. The highest BCUT2D eigenvalue weighted by atomic mass is 15.3. The average molecular weight is 288 g/mol. The minimum Gasteiger partial charge on any atom is -0.357 e. The zero-order valence-corrected chi connectivity index (χ0v) is 12.7. The molecular weight excluding hydrogens is 264 g/mol. The molecule has 1 saturated heterocycles. The van der Waals surface area contributed by atoms with Gasteiger partial charge in [0.1, 0.15) is 0 Å². The van der Waals surface area contributed by atoms with Gasteiger partial charge in [0.2, 0.25) is 17.8 Å². The van der Waals surface area contributed by atoms with Crippen molar-refractivity contribution in [1.82, 2.24) is 15.0 Å². The van der Waals surface area contributed by atoms with Crippen LogP contribution in [0.5, 0.6) is 0 Å². The molecule has 21 heavy (non-hydrogen) atoms. The van der Waals surface area contributed by atoms with Crippen LogP contribution in [-0.4, -0.2) is 41.1 Å². The highest BCUT2D eigenvalue weighted by Crippen LogP contribution is 2.45. The molecule has 0 amide bonds. The van der Waals surface area contributed by atoms with Crippen LogP contribution in [0.2, 0.25) is 0 Å². The van der Waals surface area contributed by atoms with E-state index < -0.39 is 0 Å². The first-order valence-electron chi connectivity index (χ1n) is 8.29. The molecule has 6 nitrogen and oxygen atoms in total. The van der Waals surface area contributed by atoms with E-state index in [4.69, 9.17) is 0 Å². The third-order valence-electron chi connectivity index (χ3n) is 4.79. The number of anilines is 3. The maximum absolute atomic E-state index is 4.68. The lowest BCUT2D eigenvalue weighted by Crippen LogP contribution is -2.27. The number of hydrogen-bond donors (Lipinski definition) is 2. The summed E-state index contributed by atoms with van der Waals surface area (Å²) in [5, 5.41) is 6.68. The molecule has 6 heteroatoms. The maximum atomic E-state index is 4.68. The maximum Gasteiger partial charge on any atom is 0.231 e. The normalized spacial score (nSPS) is 21.9. The number of aromatic nitrogens is 3. The standard InChI is InChI=1S/C15H24N6/c1-16-13-18-14(17-12(10-4-5-10)11-6-7-11)20-15(19-13)21-8-2-3-9-21/h10-12H,2-9H2,1H3,(H2,16,17,18,19,20). The van der Waals surface area contributed by atoms with Gasteiger partial charge in [0.25, 0.3) is 0 Å². The summed E-state index contributed by atoms with van der Waals surface area (Å²) in [7, 11) is 1.87. The van der Waals surface area contributed by atoms with Gasteiger partial charge in [-0.25, -0.2) is 0 Å². The van der Waals surface area contributed by atoms with Crippen LogP contribution in [0.25, 0.3) is 0 Å². The first kappa shape index (κ1) is 13.1. The zero-order chi connectivity index (χ0) is 14.2. The molecule has 0 bridgehead atoms. The minimum absolute atomic E-state index is 0.573. The van der Waals surface area contributed by atoms with Crippen molar-refractivity contribution >= 4 is 17.8 Å². The Balaban J connectivity index is 1.56. The number of nitrogens with one attached hydrogen (secondary N) is 2. The van der Waals surface area contributed by atoms with Crippen molar-refractivity contribution in [1.29, 1.82) is 0 Å². The Bertz CT molecular complexity index is 493. The zero-order valence-electron chi connectivity index (χ0n) is 12.7. The fourth-order valence-electron chi connectivity index (χ4n) is 3.28. The topological polar surface area (TPSA) is 66.0 Å². The van der Waals surface area contributed by atoms with Crippen molar-refractivity contribution in [3.8, 4) is 0 Å². The lowest BCUT2D eigenvalue weighted by atomic mass is 10.1. The van der Waals surface area contributed by atoms with Gasteiger partial charge in [-0.3, -0.25) is 0 Å². The highest BCUT2D eigenvalue weighted by molar-refractivity contribution is 5.44. The number of hydrogen-bond acceptors (Lipinski definition) is 6. The van der Waals surface area contributed by atoms with Gasteiger partial charge in [-0.2, -0.15) is 15.0 Å². The van der Waals surface area contributed by atoms with E-state index in [0.29, 0.717) is 12.0 Å². The second-order valence-electron chi connectivity index (χ2n) is 6.57. The molecule has 0 unspecified atom stereocenters. The van der Waals surface area contributed by atoms with Gasteiger partial charge in [-0.15, -0.1) is 0 Å². The quantitative estimate of drug-likeness (QED) is 0.836. The van der Waals surface area contributed by atoms with E-state index in [1.165, 1.54) is 38.5 Å². The van der Waals surface area contributed by atoms with Gasteiger partial charge in [-0.1, -0.05) is 0 Å². The van der Waals surface area contributed by atoms with Crippen molar-refractivity contribution in [3.63, 3.8) is 0 Å². The predicted octanol–water partition coefficient (Wildman–Crippen LogP) is 2.11. The molecule has 2 N–H and O–H groups in total. The third-order valence-corrected chi connectivity index (χ3v) is 4.79. The summed E-state index contributed by atoms with van der Waals surface area (Å²) in [6.45, 7) is 2.11. The molecule has 1 aliphatic heterocycles. The van der Waals surface area contributed by atoms with E-state index >= 15 is 0 Å². The van der Waals surface area contributed by atoms with Crippen molar-refractivity contribution in [2.45, 2.75) is 44.6 Å². The van der Waals surface area contributed by atoms with Crippen LogP contribution in [0.1, 0.15) is 38.5 Å². The molecule has 3 fully saturated rings. The monoisotopic (exact) mass is 288 g/mol. The fourth-order valence-corrected chi connectivity index (χ4v) is 3.28. The van der Waals surface area contributed by atoms with E-state index in [2.05, 4.69) is 30.5 Å². The first-order chi connectivity index (χ1) is 10.3. The molecule has 0 aromatic carbocycles. The molecule has 3 aliphatic rings. The van der Waals surface area contributed by atoms with Gasteiger partial charge in [0, 0.05) is 26.2 Å². The van der Waals surface area contributed by atoms with Gasteiger partial charge in [0.15, 0.2) is 0 Å². The fraction of sp³-hybridized carbons (Fsp3) is 0.800. The molecule has 2 heterocycles. The first-order valence-corrected chi connectivity index (χ1v) is 8.29. The molecule has 2 aliphatic carbocycles. The van der Waals surface area contributed by atoms with Crippen LogP contribution in [0.4, 0.5) is 17.8 Å². The van der Waals surface area contributed by atoms with E-state index in [1.807, 2.05) is 7.05 Å². The molecule has 0 atom stereocenters. The van der Waals surface area contributed by atoms with Gasteiger partial charge in [-0.05, 0) is 50.4 Å². The molecule has 0 radical (unpaired) electrons. The Morgan fingerprint density at radius 3 is 2.14 bits per heavy atom. The summed E-state index contributed by atoms with van der Waals surface area (Å²) in [5.41, 5.74) is 0. The second kappa shape index (κ2) is 5.31. The molecule has 114 valence electrons. The Morgan fingerprint density at radius 2 is 1.57 bits per heavy atom. The largest absolute Gasteiger partial charge is 0.357 e. The Hall–Kier alpha value is -1.59. The van der Waals surface area contributed by atoms with Gasteiger partial charge >= 0.3 is 0 Å². The Morgan fingerprint density at radius 1 is 0.952 bits per heavy atom. The smallest absolute Gasteiger partial charge is 0.231 e. The third kappa shape index (κ3) is 2.89. The summed E-state index contributed by atoms with van der Waals surface area (Å²) in [6.07, 6.45) is 7.90. The molecule has 2 saturated carbocycles. The summed E-state index contributed by atoms with van der Waals surface area (Å²) in [6, 6.07) is 0.573. The molecule has 0 spiro atoms. The van der Waals surface area contributed by atoms with Gasteiger partial charge < -0.3 is 15.5 Å². The molecule has 1 aromatic rings. The predicted molar refractivity (Wildman–Crippen MR) is 83.7 cm³/mol. The lowest BCUT2D eigenvalue weighted by molar-refractivity contribution is 0.563. The Labute approximate surface area is 125 Å². The second-order valence-corrected chi connectivity index (χ2v) is 6.57. The minimum atomic E-state index is 0.573. The highest BCUT2D eigenvalue weighted by Gasteiger charge is 2.41. The van der Waals surface area contributed by atoms with Crippen molar-refractivity contribution in [2.75, 3.05) is 35.7 Å². The Kier molecular flexibility index (Phi) is 3.31. The average Bonchev–Trinajstić information content (AvgIpc) is 3.44. The van der Waals surface area contributed by atoms with Crippen molar-refractivity contribution in [3.05, 3.63) is 0 Å². The lowest BCUT2D eigenvalue weighted by Gasteiger charge is -2.20. The van der Waals surface area contributed by atoms with Crippen LogP contribution in [0.3, 0.4) is 0 Å².